The molecule has 224 valence electrons. The van der Waals surface area contributed by atoms with Gasteiger partial charge in [-0.1, -0.05) is 65.5 Å². The minimum absolute atomic E-state index is 0.0661. The van der Waals surface area contributed by atoms with Gasteiger partial charge in [-0.2, -0.15) is 0 Å². The van der Waals surface area contributed by atoms with Gasteiger partial charge < -0.3 is 18.9 Å². The molecule has 5 nitrogen and oxygen atoms in total. The van der Waals surface area contributed by atoms with E-state index in [0.717, 1.165) is 54.8 Å². The van der Waals surface area contributed by atoms with E-state index in [2.05, 4.69) is 40.7 Å². The van der Waals surface area contributed by atoms with Crippen LogP contribution in [0.25, 0.3) is 0 Å². The average Bonchev–Trinajstić information content (AvgIpc) is 3.25. The van der Waals surface area contributed by atoms with Crippen LogP contribution >= 0.6 is 0 Å². The fourth-order valence-corrected chi connectivity index (χ4v) is 9.47. The lowest BCUT2D eigenvalue weighted by atomic mass is 9.47. The van der Waals surface area contributed by atoms with Crippen LogP contribution < -0.4 is 0 Å². The summed E-state index contributed by atoms with van der Waals surface area (Å²) >= 11 is 0. The van der Waals surface area contributed by atoms with Crippen LogP contribution in [0.5, 0.6) is 0 Å². The Kier molecular flexibility index (Phi) is 10.9. The summed E-state index contributed by atoms with van der Waals surface area (Å²) in [5, 5.41) is 0. The van der Waals surface area contributed by atoms with E-state index in [-0.39, 0.29) is 18.1 Å². The van der Waals surface area contributed by atoms with Crippen molar-refractivity contribution in [2.45, 2.75) is 118 Å². The molecule has 0 radical (unpaired) electrons. The number of rotatable bonds is 13. The van der Waals surface area contributed by atoms with E-state index in [9.17, 15) is 4.79 Å². The minimum Gasteiger partial charge on any atom is -0.432 e. The summed E-state index contributed by atoms with van der Waals surface area (Å²) in [6.45, 7) is 16.8. The molecule has 0 aromatic rings. The Morgan fingerprint density at radius 1 is 0.949 bits per heavy atom. The second-order valence-electron chi connectivity index (χ2n) is 14.2. The van der Waals surface area contributed by atoms with E-state index in [1.807, 2.05) is 6.92 Å². The van der Waals surface area contributed by atoms with Crippen LogP contribution in [0.15, 0.2) is 11.6 Å². The summed E-state index contributed by atoms with van der Waals surface area (Å²) in [5.74, 6) is 5.07. The minimum atomic E-state index is -0.556. The highest BCUT2D eigenvalue weighted by Gasteiger charge is 2.59. The Labute approximate surface area is 239 Å². The van der Waals surface area contributed by atoms with Crippen molar-refractivity contribution in [3.05, 3.63) is 11.6 Å². The lowest BCUT2D eigenvalue weighted by molar-refractivity contribution is -0.0627. The molecule has 4 rings (SSSR count). The van der Waals surface area contributed by atoms with E-state index in [1.54, 1.807) is 5.57 Å². The van der Waals surface area contributed by atoms with Crippen molar-refractivity contribution in [1.29, 1.82) is 0 Å². The van der Waals surface area contributed by atoms with Gasteiger partial charge in [0.15, 0.2) is 0 Å². The summed E-state index contributed by atoms with van der Waals surface area (Å²) in [5.41, 5.74) is 2.34. The molecule has 5 heteroatoms. The van der Waals surface area contributed by atoms with Crippen LogP contribution in [-0.4, -0.2) is 45.3 Å². The smallest absolute Gasteiger partial charge is 0.432 e. The first kappa shape index (κ1) is 30.9. The van der Waals surface area contributed by atoms with Gasteiger partial charge in [-0.3, -0.25) is 0 Å². The second-order valence-corrected chi connectivity index (χ2v) is 14.2. The molecule has 3 fully saturated rings. The van der Waals surface area contributed by atoms with Gasteiger partial charge in [-0.05, 0) is 98.2 Å². The largest absolute Gasteiger partial charge is 0.508 e. The van der Waals surface area contributed by atoms with Gasteiger partial charge in [0, 0.05) is 13.0 Å². The number of fused-ring (bicyclic) bond motifs is 5. The first-order valence-electron chi connectivity index (χ1n) is 16.4. The second kappa shape index (κ2) is 13.7. The van der Waals surface area contributed by atoms with Crippen molar-refractivity contribution in [1.82, 2.24) is 0 Å². The first-order chi connectivity index (χ1) is 18.7. The van der Waals surface area contributed by atoms with Crippen molar-refractivity contribution < 1.29 is 23.7 Å². The Morgan fingerprint density at radius 2 is 1.72 bits per heavy atom. The molecule has 0 aromatic carbocycles. The zero-order valence-electron chi connectivity index (χ0n) is 26.0. The predicted octanol–water partition coefficient (Wildman–Crippen LogP) is 8.60. The van der Waals surface area contributed by atoms with Gasteiger partial charge >= 0.3 is 6.16 Å². The first-order valence-corrected chi connectivity index (χ1v) is 16.4. The number of allylic oxidation sites excluding steroid dienone is 1. The van der Waals surface area contributed by atoms with Gasteiger partial charge in [0.25, 0.3) is 0 Å². The van der Waals surface area contributed by atoms with Crippen molar-refractivity contribution >= 4 is 6.16 Å². The number of carbonyl (C=O) groups is 1. The number of hydrogen-bond donors (Lipinski definition) is 0. The van der Waals surface area contributed by atoms with E-state index in [4.69, 9.17) is 18.9 Å². The molecule has 0 unspecified atom stereocenters. The lowest BCUT2D eigenvalue weighted by Gasteiger charge is -2.58. The highest BCUT2D eigenvalue weighted by atomic mass is 16.7. The maximum absolute atomic E-state index is 12.3. The molecule has 0 amide bonds. The molecule has 0 spiro atoms. The lowest BCUT2D eigenvalue weighted by Crippen LogP contribution is -2.51. The van der Waals surface area contributed by atoms with Crippen molar-refractivity contribution in [3.8, 4) is 0 Å². The van der Waals surface area contributed by atoms with Crippen LogP contribution in [0.4, 0.5) is 4.79 Å². The molecule has 0 saturated heterocycles. The van der Waals surface area contributed by atoms with Crippen LogP contribution in [0, 0.1) is 46.3 Å². The maximum atomic E-state index is 12.3. The normalized spacial score (nSPS) is 36.5. The third-order valence-corrected chi connectivity index (χ3v) is 11.5. The molecule has 4 aliphatic carbocycles. The SMILES string of the molecule is CCOCCOCCOC(=O)O[C@@H]1CC[C@@]2(C)C(=CC[C@H]3[C@@H]4CC[C@H]([C@H](C)CCCC(C)C)[C@@]4(C)CC[C@@H]32)C1. The van der Waals surface area contributed by atoms with Gasteiger partial charge in [0.2, 0.25) is 0 Å². The topological polar surface area (TPSA) is 54.0 Å². The van der Waals surface area contributed by atoms with Crippen molar-refractivity contribution in [2.75, 3.05) is 33.0 Å². The number of ether oxygens (including phenoxy) is 4. The molecule has 0 bridgehead atoms. The van der Waals surface area contributed by atoms with Crippen molar-refractivity contribution in [3.63, 3.8) is 0 Å². The van der Waals surface area contributed by atoms with Crippen LogP contribution in [0.2, 0.25) is 0 Å². The fraction of sp³-hybridized carbons (Fsp3) is 0.912. The van der Waals surface area contributed by atoms with Crippen LogP contribution in [0.3, 0.4) is 0 Å². The summed E-state index contributed by atoms with van der Waals surface area (Å²) < 4.78 is 21.7. The van der Waals surface area contributed by atoms with Gasteiger partial charge in [-0.25, -0.2) is 4.79 Å². The summed E-state index contributed by atoms with van der Waals surface area (Å²) in [7, 11) is 0. The summed E-state index contributed by atoms with van der Waals surface area (Å²) in [6, 6.07) is 0. The molecule has 0 N–H and O–H groups in total. The van der Waals surface area contributed by atoms with E-state index in [0.29, 0.717) is 31.8 Å². The zero-order valence-corrected chi connectivity index (χ0v) is 26.0. The van der Waals surface area contributed by atoms with Gasteiger partial charge in [-0.15, -0.1) is 0 Å². The molecule has 4 aliphatic rings. The molecule has 8 atom stereocenters. The number of hydrogen-bond acceptors (Lipinski definition) is 5. The monoisotopic (exact) mass is 546 g/mol. The number of carbonyl (C=O) groups excluding carboxylic acids is 1. The Balaban J connectivity index is 1.29. The van der Waals surface area contributed by atoms with Gasteiger partial charge in [0.1, 0.15) is 12.7 Å². The Hall–Kier alpha value is -1.07. The van der Waals surface area contributed by atoms with E-state index in [1.165, 1.54) is 51.4 Å². The predicted molar refractivity (Wildman–Crippen MR) is 157 cm³/mol. The Bertz CT molecular complexity index is 822. The summed E-state index contributed by atoms with van der Waals surface area (Å²) in [4.78, 5) is 12.3. The van der Waals surface area contributed by atoms with Gasteiger partial charge in [0.05, 0.1) is 19.8 Å². The maximum Gasteiger partial charge on any atom is 0.508 e. The van der Waals surface area contributed by atoms with E-state index >= 15 is 0 Å². The van der Waals surface area contributed by atoms with Crippen LogP contribution in [0.1, 0.15) is 112 Å². The molecule has 39 heavy (non-hydrogen) atoms. The third kappa shape index (κ3) is 7.05. The molecular weight excluding hydrogens is 488 g/mol. The molecular formula is C34H58O5. The quantitative estimate of drug-likeness (QED) is 0.131. The molecule has 0 heterocycles. The zero-order chi connectivity index (χ0) is 28.0. The Morgan fingerprint density at radius 3 is 2.49 bits per heavy atom. The highest BCUT2D eigenvalue weighted by molar-refractivity contribution is 5.60. The highest BCUT2D eigenvalue weighted by Crippen LogP contribution is 2.67. The fourth-order valence-electron chi connectivity index (χ4n) is 9.47. The molecule has 0 aliphatic heterocycles. The summed E-state index contributed by atoms with van der Waals surface area (Å²) in [6.07, 6.45) is 15.9. The third-order valence-electron chi connectivity index (χ3n) is 11.5. The van der Waals surface area contributed by atoms with Crippen LogP contribution in [-0.2, 0) is 18.9 Å². The molecule has 3 saturated carbocycles. The molecule has 0 aromatic heterocycles. The standard InChI is InChI=1S/C34H58O5/c1-7-36-19-20-37-21-22-38-32(35)39-27-15-17-33(5)26(23-27)11-12-28-30-14-13-29(25(4)10-8-9-24(2)3)34(30,6)18-16-31(28)33/h11,24-25,27-31H,7-10,12-23H2,1-6H3/t25-,27-,28+,29-,30+,31+,33+,34-/m1/s1. The van der Waals surface area contributed by atoms with Crippen molar-refractivity contribution in [2.24, 2.45) is 46.3 Å². The van der Waals surface area contributed by atoms with E-state index < -0.39 is 6.16 Å². The average molecular weight is 547 g/mol.